The van der Waals surface area contributed by atoms with Gasteiger partial charge >= 0.3 is 6.03 Å². The molecule has 2 aliphatic heterocycles. The normalized spacial score (nSPS) is 19.6. The highest BCUT2D eigenvalue weighted by Gasteiger charge is 2.33. The van der Waals surface area contributed by atoms with Crippen LogP contribution in [0.3, 0.4) is 0 Å². The molecule has 0 bridgehead atoms. The Balaban J connectivity index is 1.31. The molecule has 1 N–H and O–H groups in total. The first kappa shape index (κ1) is 19.5. The summed E-state index contributed by atoms with van der Waals surface area (Å²) in [6.07, 6.45) is 0.267. The topological polar surface area (TPSA) is 55.9 Å². The van der Waals surface area contributed by atoms with Gasteiger partial charge < -0.3 is 20.0 Å². The van der Waals surface area contributed by atoms with Gasteiger partial charge in [-0.3, -0.25) is 4.79 Å². The SMILES string of the molecule is O=C(N[C@H]1CC(=O)N(c2ccc(Cl)cc2)C1)N1CCN(c2ccccc2F)CC1. The average molecular weight is 417 g/mol. The van der Waals surface area contributed by atoms with Gasteiger partial charge in [0.1, 0.15) is 5.82 Å². The van der Waals surface area contributed by atoms with Crippen LogP contribution < -0.4 is 15.1 Å². The van der Waals surface area contributed by atoms with Crippen LogP contribution in [-0.2, 0) is 4.79 Å². The minimum atomic E-state index is -0.253. The molecule has 0 spiro atoms. The lowest BCUT2D eigenvalue weighted by molar-refractivity contribution is -0.117. The highest BCUT2D eigenvalue weighted by Crippen LogP contribution is 2.24. The van der Waals surface area contributed by atoms with Crippen molar-refractivity contribution in [1.29, 1.82) is 0 Å². The van der Waals surface area contributed by atoms with E-state index in [9.17, 15) is 14.0 Å². The fourth-order valence-corrected chi connectivity index (χ4v) is 3.93. The zero-order chi connectivity index (χ0) is 20.4. The van der Waals surface area contributed by atoms with Crippen molar-refractivity contribution in [2.24, 2.45) is 0 Å². The van der Waals surface area contributed by atoms with E-state index in [0.29, 0.717) is 43.4 Å². The van der Waals surface area contributed by atoms with Gasteiger partial charge in [0.05, 0.1) is 11.7 Å². The van der Waals surface area contributed by atoms with Gasteiger partial charge in [0.15, 0.2) is 0 Å². The number of carbonyl (C=O) groups excluding carboxylic acids is 2. The predicted octanol–water partition coefficient (Wildman–Crippen LogP) is 3.12. The quantitative estimate of drug-likeness (QED) is 0.836. The fraction of sp³-hybridized carbons (Fsp3) is 0.333. The van der Waals surface area contributed by atoms with Crippen molar-refractivity contribution in [3.05, 3.63) is 59.4 Å². The Morgan fingerprint density at radius 1 is 1.03 bits per heavy atom. The van der Waals surface area contributed by atoms with Gasteiger partial charge in [0.2, 0.25) is 5.91 Å². The molecule has 0 saturated carbocycles. The van der Waals surface area contributed by atoms with Crippen LogP contribution >= 0.6 is 11.6 Å². The van der Waals surface area contributed by atoms with Crippen LogP contribution in [0.15, 0.2) is 48.5 Å². The van der Waals surface area contributed by atoms with Crippen LogP contribution in [0.25, 0.3) is 0 Å². The van der Waals surface area contributed by atoms with Gasteiger partial charge in [-0.05, 0) is 36.4 Å². The lowest BCUT2D eigenvalue weighted by atomic mass is 10.2. The van der Waals surface area contributed by atoms with Crippen LogP contribution in [0.5, 0.6) is 0 Å². The summed E-state index contributed by atoms with van der Waals surface area (Å²) in [6.45, 7) is 2.56. The predicted molar refractivity (Wildman–Crippen MR) is 111 cm³/mol. The molecular weight excluding hydrogens is 395 g/mol. The smallest absolute Gasteiger partial charge is 0.317 e. The Kier molecular flexibility index (Phi) is 5.58. The first-order valence-corrected chi connectivity index (χ1v) is 10.00. The summed E-state index contributed by atoms with van der Waals surface area (Å²) in [5, 5.41) is 3.57. The summed E-state index contributed by atoms with van der Waals surface area (Å²) >= 11 is 5.91. The second kappa shape index (κ2) is 8.29. The highest BCUT2D eigenvalue weighted by molar-refractivity contribution is 6.30. The number of hydrogen-bond acceptors (Lipinski definition) is 3. The molecule has 0 aromatic heterocycles. The number of hydrogen-bond donors (Lipinski definition) is 1. The van der Waals surface area contributed by atoms with E-state index in [1.165, 1.54) is 6.07 Å². The molecule has 2 fully saturated rings. The number of benzene rings is 2. The van der Waals surface area contributed by atoms with Gasteiger partial charge in [-0.2, -0.15) is 0 Å². The zero-order valence-electron chi connectivity index (χ0n) is 15.9. The number of anilines is 2. The first-order valence-electron chi connectivity index (χ1n) is 9.62. The minimum absolute atomic E-state index is 0.0259. The summed E-state index contributed by atoms with van der Waals surface area (Å²) in [5.41, 5.74) is 1.34. The van der Waals surface area contributed by atoms with Crippen molar-refractivity contribution < 1.29 is 14.0 Å². The fourth-order valence-electron chi connectivity index (χ4n) is 3.80. The molecular formula is C21H22ClFN4O2. The standard InChI is InChI=1S/C21H22ClFN4O2/c22-15-5-7-17(8-6-15)27-14-16(13-20(27)28)24-21(29)26-11-9-25(10-12-26)19-4-2-1-3-18(19)23/h1-8,16H,9-14H2,(H,24,29)/t16-/m0/s1. The molecule has 0 radical (unpaired) electrons. The average Bonchev–Trinajstić information content (AvgIpc) is 3.09. The molecule has 152 valence electrons. The van der Waals surface area contributed by atoms with Crippen molar-refractivity contribution in [3.63, 3.8) is 0 Å². The van der Waals surface area contributed by atoms with Crippen molar-refractivity contribution in [2.45, 2.75) is 12.5 Å². The largest absolute Gasteiger partial charge is 0.366 e. The molecule has 0 unspecified atom stereocenters. The Morgan fingerprint density at radius 3 is 2.41 bits per heavy atom. The second-order valence-corrected chi connectivity index (χ2v) is 7.69. The van der Waals surface area contributed by atoms with Crippen molar-refractivity contribution >= 4 is 34.9 Å². The third kappa shape index (κ3) is 4.29. The molecule has 6 nitrogen and oxygen atoms in total. The van der Waals surface area contributed by atoms with Gasteiger partial charge in [-0.25, -0.2) is 9.18 Å². The Morgan fingerprint density at radius 2 is 1.72 bits per heavy atom. The maximum atomic E-state index is 14.0. The number of nitrogens with zero attached hydrogens (tertiary/aromatic N) is 3. The van der Waals surface area contributed by atoms with Crippen molar-refractivity contribution in [1.82, 2.24) is 10.2 Å². The van der Waals surface area contributed by atoms with E-state index in [0.717, 1.165) is 5.69 Å². The van der Waals surface area contributed by atoms with Gasteiger partial charge in [-0.15, -0.1) is 0 Å². The van der Waals surface area contributed by atoms with E-state index >= 15 is 0 Å². The van der Waals surface area contributed by atoms with Crippen molar-refractivity contribution in [3.8, 4) is 0 Å². The number of carbonyl (C=O) groups is 2. The molecule has 2 aliphatic rings. The van der Waals surface area contributed by atoms with E-state index in [4.69, 9.17) is 11.6 Å². The number of urea groups is 1. The van der Waals surface area contributed by atoms with Crippen LogP contribution in [0.1, 0.15) is 6.42 Å². The second-order valence-electron chi connectivity index (χ2n) is 7.26. The number of piperazine rings is 1. The van der Waals surface area contributed by atoms with Gasteiger partial charge in [0, 0.05) is 49.9 Å². The van der Waals surface area contributed by atoms with Gasteiger partial charge in [0.25, 0.3) is 0 Å². The molecule has 2 saturated heterocycles. The maximum Gasteiger partial charge on any atom is 0.317 e. The number of rotatable bonds is 3. The Hall–Kier alpha value is -2.80. The molecule has 8 heteroatoms. The van der Waals surface area contributed by atoms with Crippen LogP contribution in [-0.4, -0.2) is 55.6 Å². The minimum Gasteiger partial charge on any atom is -0.366 e. The van der Waals surface area contributed by atoms with Crippen molar-refractivity contribution in [2.75, 3.05) is 42.5 Å². The summed E-state index contributed by atoms with van der Waals surface area (Å²) in [4.78, 5) is 30.3. The lowest BCUT2D eigenvalue weighted by Gasteiger charge is -2.36. The number of halogens is 2. The molecule has 2 aromatic carbocycles. The lowest BCUT2D eigenvalue weighted by Crippen LogP contribution is -2.54. The van der Waals surface area contributed by atoms with E-state index in [-0.39, 0.29) is 30.2 Å². The zero-order valence-corrected chi connectivity index (χ0v) is 16.6. The summed E-state index contributed by atoms with van der Waals surface area (Å²) in [6, 6.07) is 13.3. The van der Waals surface area contributed by atoms with E-state index in [1.807, 2.05) is 4.90 Å². The number of amides is 3. The molecule has 4 rings (SSSR count). The first-order chi connectivity index (χ1) is 14.0. The number of para-hydroxylation sites is 1. The van der Waals surface area contributed by atoms with E-state index in [2.05, 4.69) is 5.32 Å². The summed E-state index contributed by atoms with van der Waals surface area (Å²) in [7, 11) is 0. The third-order valence-electron chi connectivity index (χ3n) is 5.35. The maximum absolute atomic E-state index is 14.0. The summed E-state index contributed by atoms with van der Waals surface area (Å²) < 4.78 is 14.0. The molecule has 2 aromatic rings. The molecule has 29 heavy (non-hydrogen) atoms. The van der Waals surface area contributed by atoms with Crippen LogP contribution in [0, 0.1) is 5.82 Å². The molecule has 3 amide bonds. The number of nitrogens with one attached hydrogen (secondary N) is 1. The molecule has 0 aliphatic carbocycles. The molecule has 1 atom stereocenters. The summed E-state index contributed by atoms with van der Waals surface area (Å²) in [5.74, 6) is -0.279. The van der Waals surface area contributed by atoms with E-state index < -0.39 is 0 Å². The van der Waals surface area contributed by atoms with Gasteiger partial charge in [-0.1, -0.05) is 23.7 Å². The van der Waals surface area contributed by atoms with Crippen LogP contribution in [0.4, 0.5) is 20.6 Å². The highest BCUT2D eigenvalue weighted by atomic mass is 35.5. The Labute approximate surface area is 173 Å². The monoisotopic (exact) mass is 416 g/mol. The molecule has 2 heterocycles. The van der Waals surface area contributed by atoms with E-state index in [1.54, 1.807) is 52.3 Å². The Bertz CT molecular complexity index is 900. The third-order valence-corrected chi connectivity index (χ3v) is 5.60. The van der Waals surface area contributed by atoms with Crippen LogP contribution in [0.2, 0.25) is 5.02 Å².